The van der Waals surface area contributed by atoms with Crippen LogP contribution in [0.3, 0.4) is 0 Å². The van der Waals surface area contributed by atoms with Crippen LogP contribution in [0.15, 0.2) is 35.3 Å². The molecular formula is C28H37Cl2N5O5. The van der Waals surface area contributed by atoms with Gasteiger partial charge in [0.15, 0.2) is 0 Å². The Labute approximate surface area is 244 Å². The second-order valence-electron chi connectivity index (χ2n) is 9.75. The molecule has 1 amide bonds. The fourth-order valence-corrected chi connectivity index (χ4v) is 5.40. The van der Waals surface area contributed by atoms with E-state index in [0.717, 1.165) is 24.0 Å². The summed E-state index contributed by atoms with van der Waals surface area (Å²) in [5, 5.41) is 35.7. The van der Waals surface area contributed by atoms with Crippen LogP contribution in [0.5, 0.6) is 5.75 Å². The van der Waals surface area contributed by atoms with E-state index in [1.54, 1.807) is 30.3 Å². The van der Waals surface area contributed by atoms with E-state index in [4.69, 9.17) is 28.9 Å². The summed E-state index contributed by atoms with van der Waals surface area (Å²) < 4.78 is 0. The van der Waals surface area contributed by atoms with Crippen molar-refractivity contribution >= 4 is 40.9 Å². The molecule has 0 saturated heterocycles. The number of aliphatic carboxylic acids is 1. The lowest BCUT2D eigenvalue weighted by molar-refractivity contribution is -0.139. The highest BCUT2D eigenvalue weighted by Gasteiger charge is 2.28. The number of carbonyl (C=O) groups excluding carboxylic acids is 1. The number of unbranched alkanes of at least 4 members (excludes halogenated alkanes) is 1. The Morgan fingerprint density at radius 2 is 2.02 bits per heavy atom. The predicted molar refractivity (Wildman–Crippen MR) is 156 cm³/mol. The molecule has 2 aromatic rings. The van der Waals surface area contributed by atoms with Crippen LogP contribution >= 0.6 is 23.2 Å². The van der Waals surface area contributed by atoms with E-state index in [2.05, 4.69) is 20.5 Å². The molecule has 1 aliphatic rings. The van der Waals surface area contributed by atoms with Gasteiger partial charge in [-0.3, -0.25) is 14.7 Å². The topological polar surface area (TPSA) is 161 Å². The number of phenolic OH excluding ortho intramolecular Hbond substituents is 1. The quantitative estimate of drug-likeness (QED) is 0.152. The van der Waals surface area contributed by atoms with E-state index in [0.29, 0.717) is 50.3 Å². The zero-order chi connectivity index (χ0) is 29.2. The van der Waals surface area contributed by atoms with E-state index >= 15 is 0 Å². The standard InChI is InChI=1S/C28H37Cl2N5O5/c1-2-3-7-24(33-16-31)32-14-22(28(39)40)34-27(38)25-21(29)13-18-15-35(10-8-20(18)26(25)30)11-9-23(37)17-5-4-6-19(36)12-17/h4-6,12-13,22-23,36-37H,2-3,7-11,14-16,31H2,1H3,(H,32,33)(H,34,38)(H,39,40)/t22-,23?/m0/s1. The van der Waals surface area contributed by atoms with Gasteiger partial charge in [0.25, 0.3) is 5.91 Å². The van der Waals surface area contributed by atoms with Crippen LogP contribution in [0.25, 0.3) is 0 Å². The Morgan fingerprint density at radius 1 is 1.25 bits per heavy atom. The van der Waals surface area contributed by atoms with E-state index < -0.39 is 24.0 Å². The largest absolute Gasteiger partial charge is 0.508 e. The number of hydrogen-bond donors (Lipinski definition) is 6. The molecule has 0 fully saturated rings. The number of aromatic hydroxyl groups is 1. The van der Waals surface area contributed by atoms with Gasteiger partial charge in [0.1, 0.15) is 11.8 Å². The van der Waals surface area contributed by atoms with Gasteiger partial charge in [-0.05, 0) is 54.2 Å². The second kappa shape index (κ2) is 15.2. The molecule has 2 atom stereocenters. The average Bonchev–Trinajstić information content (AvgIpc) is 2.92. The van der Waals surface area contributed by atoms with E-state index in [-0.39, 0.29) is 34.6 Å². The first-order chi connectivity index (χ1) is 19.1. The highest BCUT2D eigenvalue weighted by molar-refractivity contribution is 6.40. The third-order valence-electron chi connectivity index (χ3n) is 6.85. The summed E-state index contributed by atoms with van der Waals surface area (Å²) in [5.74, 6) is -1.18. The monoisotopic (exact) mass is 593 g/mol. The smallest absolute Gasteiger partial charge is 0.328 e. The number of carboxylic acid groups (broad SMARTS) is 1. The third kappa shape index (κ3) is 8.55. The lowest BCUT2D eigenvalue weighted by atomic mass is 9.96. The number of rotatable bonds is 13. The molecule has 10 nitrogen and oxygen atoms in total. The number of aliphatic hydroxyl groups excluding tert-OH is 1. The zero-order valence-corrected chi connectivity index (χ0v) is 24.0. The lowest BCUT2D eigenvalue weighted by Gasteiger charge is -2.31. The van der Waals surface area contributed by atoms with Crippen molar-refractivity contribution in [2.24, 2.45) is 10.7 Å². The predicted octanol–water partition coefficient (Wildman–Crippen LogP) is 3.46. The molecule has 1 aliphatic heterocycles. The van der Waals surface area contributed by atoms with Gasteiger partial charge < -0.3 is 31.7 Å². The Balaban J connectivity index is 1.66. The first-order valence-electron chi connectivity index (χ1n) is 13.3. The van der Waals surface area contributed by atoms with Crippen molar-refractivity contribution < 1.29 is 24.9 Å². The molecule has 1 unspecified atom stereocenters. The molecule has 1 heterocycles. The molecule has 218 valence electrons. The molecule has 0 aliphatic carbocycles. The van der Waals surface area contributed by atoms with Crippen molar-refractivity contribution in [3.63, 3.8) is 0 Å². The normalized spacial score (nSPS) is 15.3. The Bertz CT molecular complexity index is 1230. The maximum Gasteiger partial charge on any atom is 0.328 e. The first-order valence-corrected chi connectivity index (χ1v) is 14.1. The van der Waals surface area contributed by atoms with Crippen molar-refractivity contribution in [2.75, 3.05) is 26.3 Å². The minimum absolute atomic E-state index is 0.0444. The number of nitrogens with two attached hydrogens (primary N) is 1. The van der Waals surface area contributed by atoms with Gasteiger partial charge in [0.05, 0.1) is 34.2 Å². The Hall–Kier alpha value is -2.89. The molecule has 12 heteroatoms. The number of nitrogens with one attached hydrogen (secondary N) is 2. The van der Waals surface area contributed by atoms with Crippen molar-refractivity contribution in [1.29, 1.82) is 0 Å². The maximum atomic E-state index is 13.2. The van der Waals surface area contributed by atoms with Crippen molar-refractivity contribution in [3.05, 3.63) is 62.6 Å². The molecule has 0 bridgehead atoms. The molecule has 0 spiro atoms. The molecule has 3 rings (SSSR count). The number of aliphatic hydroxyl groups is 1. The van der Waals surface area contributed by atoms with Gasteiger partial charge >= 0.3 is 5.97 Å². The van der Waals surface area contributed by atoms with Gasteiger partial charge in [-0.2, -0.15) is 0 Å². The molecule has 0 saturated carbocycles. The summed E-state index contributed by atoms with van der Waals surface area (Å²) in [5.41, 5.74) is 7.88. The third-order valence-corrected chi connectivity index (χ3v) is 7.56. The number of carboxylic acids is 1. The number of fused-ring (bicyclic) bond motifs is 1. The van der Waals surface area contributed by atoms with Crippen molar-refractivity contribution in [3.8, 4) is 5.75 Å². The number of nitrogens with zero attached hydrogens (tertiary/aromatic N) is 2. The number of aliphatic imine (C=N–C) groups is 1. The number of amidine groups is 1. The highest BCUT2D eigenvalue weighted by Crippen LogP contribution is 2.35. The van der Waals surface area contributed by atoms with Crippen molar-refractivity contribution in [2.45, 2.75) is 57.7 Å². The van der Waals surface area contributed by atoms with Crippen LogP contribution in [0.1, 0.15) is 65.8 Å². The van der Waals surface area contributed by atoms with Crippen LogP contribution < -0.4 is 16.4 Å². The van der Waals surface area contributed by atoms with Crippen LogP contribution in [0.2, 0.25) is 10.0 Å². The molecule has 7 N–H and O–H groups in total. The minimum atomic E-state index is -1.24. The van der Waals surface area contributed by atoms with Crippen molar-refractivity contribution in [1.82, 2.24) is 15.5 Å². The van der Waals surface area contributed by atoms with Gasteiger partial charge in [0.2, 0.25) is 0 Å². The number of hydrogen-bond acceptors (Lipinski definition) is 7. The van der Waals surface area contributed by atoms with Gasteiger partial charge in [-0.15, -0.1) is 0 Å². The number of benzene rings is 2. The highest BCUT2D eigenvalue weighted by atomic mass is 35.5. The molecule has 0 radical (unpaired) electrons. The summed E-state index contributed by atoms with van der Waals surface area (Å²) in [4.78, 5) is 31.4. The summed E-state index contributed by atoms with van der Waals surface area (Å²) in [6.07, 6.45) is 2.76. The fourth-order valence-electron chi connectivity index (χ4n) is 4.64. The van der Waals surface area contributed by atoms with E-state index in [1.807, 2.05) is 6.92 Å². The summed E-state index contributed by atoms with van der Waals surface area (Å²) in [6.45, 7) is 3.83. The Morgan fingerprint density at radius 3 is 2.70 bits per heavy atom. The summed E-state index contributed by atoms with van der Waals surface area (Å²) in [7, 11) is 0. The molecule has 2 aromatic carbocycles. The summed E-state index contributed by atoms with van der Waals surface area (Å²) in [6, 6.07) is 7.02. The van der Waals surface area contributed by atoms with Crippen LogP contribution in [0, 0.1) is 0 Å². The first kappa shape index (κ1) is 31.6. The number of carbonyl (C=O) groups is 2. The average molecular weight is 595 g/mol. The molecular weight excluding hydrogens is 557 g/mol. The summed E-state index contributed by atoms with van der Waals surface area (Å²) >= 11 is 13.2. The number of amides is 1. The van der Waals surface area contributed by atoms with Gasteiger partial charge in [-0.1, -0.05) is 48.7 Å². The molecule has 40 heavy (non-hydrogen) atoms. The van der Waals surface area contributed by atoms with Crippen LogP contribution in [-0.4, -0.2) is 70.3 Å². The fraction of sp³-hybridized carbons (Fsp3) is 0.464. The van der Waals surface area contributed by atoms with Gasteiger partial charge in [0, 0.05) is 32.6 Å². The number of halogens is 2. The Kier molecular flexibility index (Phi) is 12.0. The zero-order valence-electron chi connectivity index (χ0n) is 22.5. The maximum absolute atomic E-state index is 13.2. The number of phenols is 1. The SMILES string of the molecule is CCCCC(=NCN)NC[C@H](NC(=O)c1c(Cl)cc2c(c1Cl)CCN(CCC(O)c1cccc(O)c1)C2)C(=O)O. The minimum Gasteiger partial charge on any atom is -0.508 e. The van der Waals surface area contributed by atoms with Crippen LogP contribution in [0.4, 0.5) is 0 Å². The molecule has 0 aromatic heterocycles. The van der Waals surface area contributed by atoms with E-state index in [1.165, 1.54) is 0 Å². The lowest BCUT2D eigenvalue weighted by Crippen LogP contribution is -2.48. The van der Waals surface area contributed by atoms with Crippen LogP contribution in [-0.2, 0) is 17.8 Å². The second-order valence-corrected chi connectivity index (χ2v) is 10.5. The van der Waals surface area contributed by atoms with E-state index in [9.17, 15) is 24.9 Å². The van der Waals surface area contributed by atoms with Gasteiger partial charge in [-0.25, -0.2) is 4.79 Å².